The van der Waals surface area contributed by atoms with Crippen molar-refractivity contribution in [1.29, 1.82) is 0 Å². The summed E-state index contributed by atoms with van der Waals surface area (Å²) in [5.74, 6) is -8.05. The molecule has 9 unspecified atom stereocenters. The van der Waals surface area contributed by atoms with E-state index in [4.69, 9.17) is 23.7 Å². The van der Waals surface area contributed by atoms with Crippen LogP contribution >= 0.6 is 0 Å². The van der Waals surface area contributed by atoms with Crippen LogP contribution < -0.4 is 14.8 Å². The van der Waals surface area contributed by atoms with E-state index >= 15 is 0 Å². The van der Waals surface area contributed by atoms with Crippen molar-refractivity contribution in [2.75, 3.05) is 39.2 Å². The molecular weight excluding hydrogens is 791 g/mol. The van der Waals surface area contributed by atoms with Gasteiger partial charge < -0.3 is 49.4 Å². The number of Topliss-reactive ketones (excluding diaryl/α,β-unsaturated/α-hetero) is 1. The van der Waals surface area contributed by atoms with Gasteiger partial charge in [-0.2, -0.15) is 0 Å². The highest BCUT2D eigenvalue weighted by molar-refractivity contribution is 6.21. The number of hydrogen-bond donors (Lipinski definition) is 5. The van der Waals surface area contributed by atoms with Gasteiger partial charge in [0.15, 0.2) is 12.4 Å². The van der Waals surface area contributed by atoms with Crippen LogP contribution in [-0.4, -0.2) is 118 Å². The number of aromatic hydroxyl groups is 2. The molecule has 0 aliphatic carbocycles. The maximum absolute atomic E-state index is 14.6. The molecule has 1 saturated heterocycles. The number of amides is 2. The highest BCUT2D eigenvalue weighted by Gasteiger charge is 2.50. The number of anilines is 1. The number of methoxy groups -OCH3 is 1. The third kappa shape index (κ3) is 9.67. The third-order valence-electron chi connectivity index (χ3n) is 12.3. The number of phenols is 2. The molecule has 2 aromatic rings. The van der Waals surface area contributed by atoms with Gasteiger partial charge in [-0.05, 0) is 32.8 Å². The number of allylic oxidation sites excluding steroid dienone is 2. The minimum Gasteiger partial charge on any atom is -0.507 e. The summed E-state index contributed by atoms with van der Waals surface area (Å²) in [6, 6.07) is 1.28. The fourth-order valence-corrected chi connectivity index (χ4v) is 8.32. The van der Waals surface area contributed by atoms with E-state index in [0.717, 1.165) is 19.3 Å². The summed E-state index contributed by atoms with van der Waals surface area (Å²) in [5.41, 5.74) is -0.00267. The molecule has 0 aromatic heterocycles. The number of carbonyl (C=O) groups is 4. The van der Waals surface area contributed by atoms with Crippen LogP contribution in [0.2, 0.25) is 0 Å². The maximum Gasteiger partial charge on any atom is 0.312 e. The number of hydrogen-bond acceptors (Lipinski definition) is 14. The zero-order chi connectivity index (χ0) is 45.1. The van der Waals surface area contributed by atoms with Gasteiger partial charge in [-0.25, -0.2) is 5.01 Å². The van der Waals surface area contributed by atoms with Crippen molar-refractivity contribution < 1.29 is 63.3 Å². The van der Waals surface area contributed by atoms with Gasteiger partial charge in [0.25, 0.3) is 17.6 Å². The minimum atomic E-state index is -2.03. The van der Waals surface area contributed by atoms with E-state index < -0.39 is 95.5 Å². The van der Waals surface area contributed by atoms with Crippen LogP contribution in [0.25, 0.3) is 10.8 Å². The van der Waals surface area contributed by atoms with Crippen LogP contribution in [0.4, 0.5) is 5.69 Å². The van der Waals surface area contributed by atoms with Crippen LogP contribution in [0, 0.1) is 30.6 Å². The van der Waals surface area contributed by atoms with Gasteiger partial charge in [-0.15, -0.1) is 0 Å². The monoisotopic (exact) mass is 851 g/mol. The minimum absolute atomic E-state index is 0.0558. The Kier molecular flexibility index (Phi) is 14.8. The Balaban J connectivity index is 1.65. The van der Waals surface area contributed by atoms with E-state index in [0.29, 0.717) is 13.1 Å². The Bertz CT molecular complexity index is 2090. The van der Waals surface area contributed by atoms with Crippen molar-refractivity contribution in [3.8, 4) is 23.0 Å². The zero-order valence-corrected chi connectivity index (χ0v) is 36.7. The molecule has 4 aliphatic rings. The van der Waals surface area contributed by atoms with E-state index in [2.05, 4.69) is 5.32 Å². The number of piperidine rings is 1. The summed E-state index contributed by atoms with van der Waals surface area (Å²) in [6.07, 6.45) is 6.54. The first kappa shape index (κ1) is 46.9. The van der Waals surface area contributed by atoms with Gasteiger partial charge in [0, 0.05) is 87.4 Å². The highest BCUT2D eigenvalue weighted by atomic mass is 16.7. The van der Waals surface area contributed by atoms with Crippen molar-refractivity contribution in [2.24, 2.45) is 23.7 Å². The van der Waals surface area contributed by atoms with Crippen molar-refractivity contribution in [2.45, 2.75) is 105 Å². The van der Waals surface area contributed by atoms with Crippen LogP contribution in [-0.2, 0) is 28.6 Å². The number of rotatable bonds is 6. The number of benzene rings is 2. The number of phenolic OH excluding ortho intramolecular Hbond substituents is 2. The molecule has 4 aliphatic heterocycles. The van der Waals surface area contributed by atoms with Crippen LogP contribution in [0.1, 0.15) is 83.7 Å². The molecule has 5 N–H and O–H groups in total. The molecule has 61 heavy (non-hydrogen) atoms. The largest absolute Gasteiger partial charge is 0.507 e. The van der Waals surface area contributed by atoms with E-state index in [9.17, 15) is 39.6 Å². The molecule has 2 amide bonds. The summed E-state index contributed by atoms with van der Waals surface area (Å²) in [7, 11) is 3.08. The van der Waals surface area contributed by atoms with Gasteiger partial charge >= 0.3 is 11.8 Å². The van der Waals surface area contributed by atoms with Crippen LogP contribution in [0.5, 0.6) is 23.0 Å². The summed E-state index contributed by atoms with van der Waals surface area (Å²) < 4.78 is 29.9. The number of carbonyl (C=O) groups excluding carboxylic acids is 4. The topological polar surface area (TPSA) is 214 Å². The summed E-state index contributed by atoms with van der Waals surface area (Å²) in [5, 5.41) is 52.0. The fourth-order valence-electron chi connectivity index (χ4n) is 8.32. The van der Waals surface area contributed by atoms with E-state index in [-0.39, 0.29) is 44.7 Å². The first-order valence-corrected chi connectivity index (χ1v) is 20.7. The fraction of sp³-hybridized carbons (Fsp3) is 0.556. The Labute approximate surface area is 356 Å². The number of fused-ring (bicyclic) bond motifs is 14. The number of nitrogens with zero attached hydrogens (tertiary/aromatic N) is 2. The molecule has 0 spiro atoms. The van der Waals surface area contributed by atoms with Crippen molar-refractivity contribution >= 4 is 40.0 Å². The number of ketones is 1. The van der Waals surface area contributed by atoms with Crippen molar-refractivity contribution in [3.05, 3.63) is 53.3 Å². The number of nitrogens with one attached hydrogen (secondary N) is 1. The number of hydrazine groups is 1. The maximum atomic E-state index is 14.6. The quantitative estimate of drug-likeness (QED) is 0.185. The zero-order valence-electron chi connectivity index (χ0n) is 36.7. The molecule has 16 heteroatoms. The van der Waals surface area contributed by atoms with Gasteiger partial charge in [0.1, 0.15) is 23.4 Å². The van der Waals surface area contributed by atoms with Gasteiger partial charge in [-0.1, -0.05) is 52.3 Å². The molecule has 0 saturated carbocycles. The molecule has 0 radical (unpaired) electrons. The molecule has 5 bridgehead atoms. The Morgan fingerprint density at radius 1 is 0.967 bits per heavy atom. The van der Waals surface area contributed by atoms with Crippen molar-refractivity contribution in [3.63, 3.8) is 0 Å². The highest BCUT2D eigenvalue weighted by Crippen LogP contribution is 2.54. The average molecular weight is 852 g/mol. The summed E-state index contributed by atoms with van der Waals surface area (Å²) >= 11 is 0. The smallest absolute Gasteiger partial charge is 0.312 e. The molecule has 4 heterocycles. The first-order chi connectivity index (χ1) is 28.7. The average Bonchev–Trinajstić information content (AvgIpc) is 3.50. The lowest BCUT2D eigenvalue weighted by atomic mass is 9.78. The van der Waals surface area contributed by atoms with E-state index in [1.54, 1.807) is 46.9 Å². The van der Waals surface area contributed by atoms with Crippen molar-refractivity contribution in [1.82, 2.24) is 10.0 Å². The second kappa shape index (κ2) is 19.3. The van der Waals surface area contributed by atoms with Crippen LogP contribution in [0.3, 0.4) is 0 Å². The van der Waals surface area contributed by atoms with E-state index in [1.165, 1.54) is 64.3 Å². The predicted octanol–water partition coefficient (Wildman–Crippen LogP) is 5.29. The normalized spacial score (nSPS) is 31.0. The molecule has 6 rings (SSSR count). The lowest BCUT2D eigenvalue weighted by molar-refractivity contribution is -0.160. The second-order valence-corrected chi connectivity index (χ2v) is 16.6. The molecule has 9 atom stereocenters. The van der Waals surface area contributed by atoms with Gasteiger partial charge in [0.05, 0.1) is 41.2 Å². The first-order valence-electron chi connectivity index (χ1n) is 20.7. The molecule has 334 valence electrons. The lowest BCUT2D eigenvalue weighted by Crippen LogP contribution is -2.48. The number of ether oxygens (including phenoxy) is 5. The third-order valence-corrected chi connectivity index (χ3v) is 12.3. The molecule has 16 nitrogen and oxygen atoms in total. The molecule has 2 aromatic carbocycles. The molecular formula is C45H61N3O13. The van der Waals surface area contributed by atoms with Gasteiger partial charge in [0.2, 0.25) is 0 Å². The number of likely N-dealkylation sites (N-methyl/N-ethyl adjacent to an activating group) is 1. The Hall–Kier alpha value is -5.16. The van der Waals surface area contributed by atoms with E-state index in [1.807, 2.05) is 5.01 Å². The predicted molar refractivity (Wildman–Crippen MR) is 226 cm³/mol. The number of aliphatic hydroxyl groups excluding tert-OH is 2. The second-order valence-electron chi connectivity index (χ2n) is 16.6. The summed E-state index contributed by atoms with van der Waals surface area (Å²) in [6.45, 7) is 13.5. The number of esters is 1. The lowest BCUT2D eigenvalue weighted by Gasteiger charge is -2.38. The summed E-state index contributed by atoms with van der Waals surface area (Å²) in [4.78, 5) is 54.0. The molecule has 1 fully saturated rings. The van der Waals surface area contributed by atoms with Crippen LogP contribution in [0.15, 0.2) is 42.2 Å². The Morgan fingerprint density at radius 3 is 2.28 bits per heavy atom. The SMILES string of the molecule is COC1/C=C/OC2(C)Oc3c(C)c(O)c4c(O)c(cc(OCC(=O)N(C)N5CCCCC5)c4c3C2=O)NC(=O)/C(C)=C/C=C/C(C)C(O)C(C)C(O)C(C)C(OC(C)=O)C1C. The number of aliphatic hydroxyl groups is 2. The Morgan fingerprint density at radius 2 is 1.64 bits per heavy atom. The standard InChI is InChI=1S/C45H61N3O13/c1-23-15-14-16-24(2)44(56)46-30-21-32(58-22-33(50)47(9)48-18-12-11-13-19-48)34-35(40(30)54)39(53)28(6)42-36(34)43(55)45(8,61-42)59-20-17-31(57-10)25(3)41(60-29(7)49)27(5)38(52)26(4)37(23)51/h14-17,20-21,23,25-27,31,37-38,41,51-54H,11-13,18-19,22H2,1-10H3,(H,46,56)/b15-14+,20-17+,24-16+. The van der Waals surface area contributed by atoms with Gasteiger partial charge in [-0.3, -0.25) is 24.2 Å².